The van der Waals surface area contributed by atoms with E-state index in [9.17, 15) is 9.13 Å². The van der Waals surface area contributed by atoms with Gasteiger partial charge in [-0.05, 0) is 90.1 Å². The van der Waals surface area contributed by atoms with Gasteiger partial charge in [-0.1, -0.05) is 70.8 Å². The lowest BCUT2D eigenvalue weighted by Crippen LogP contribution is -2.19. The van der Waals surface area contributed by atoms with Crippen LogP contribution in [0.25, 0.3) is 0 Å². The molecule has 4 aromatic rings. The van der Waals surface area contributed by atoms with Gasteiger partial charge in [0, 0.05) is 21.2 Å². The second-order valence-corrected chi connectivity index (χ2v) is 14.6. The van der Waals surface area contributed by atoms with Gasteiger partial charge in [0.15, 0.2) is 0 Å². The van der Waals surface area contributed by atoms with E-state index in [0.717, 1.165) is 22.3 Å². The van der Waals surface area contributed by atoms with E-state index in [-0.39, 0.29) is 0 Å². The average Bonchev–Trinajstić information content (AvgIpc) is 2.90. The van der Waals surface area contributed by atoms with Crippen molar-refractivity contribution >= 4 is 47.2 Å². The Bertz CT molecular complexity index is 1360. The highest BCUT2D eigenvalue weighted by Crippen LogP contribution is 2.47. The van der Waals surface area contributed by atoms with Crippen LogP contribution < -0.4 is 21.2 Å². The number of hydrogen-bond acceptors (Lipinski definition) is 2. The SMILES string of the molecule is CC(=NP(=O)(c1ccc(C)cc1)c1ccc(C)cc1)C(C)=NP(=O)(c1ccc(C)cc1)c1ccc(C)cc1. The summed E-state index contributed by atoms with van der Waals surface area (Å²) in [6.07, 6.45) is 0. The molecule has 0 saturated heterocycles. The summed E-state index contributed by atoms with van der Waals surface area (Å²) >= 11 is 0. The van der Waals surface area contributed by atoms with E-state index in [1.807, 2.05) is 125 Å². The number of hydrogen-bond donors (Lipinski definition) is 0. The number of benzene rings is 4. The Morgan fingerprint density at radius 3 is 0.789 bits per heavy atom. The molecule has 4 rings (SSSR count). The highest BCUT2D eigenvalue weighted by Gasteiger charge is 2.30. The summed E-state index contributed by atoms with van der Waals surface area (Å²) in [6, 6.07) is 30.6. The van der Waals surface area contributed by atoms with Crippen molar-refractivity contribution in [2.45, 2.75) is 41.5 Å². The smallest absolute Gasteiger partial charge is 0.247 e. The molecular formula is C32H34N2O2P2. The summed E-state index contributed by atoms with van der Waals surface area (Å²) in [7, 11) is -6.76. The first-order valence-corrected chi connectivity index (χ1v) is 16.0. The predicted molar refractivity (Wildman–Crippen MR) is 165 cm³/mol. The molecular weight excluding hydrogens is 506 g/mol. The summed E-state index contributed by atoms with van der Waals surface area (Å²) in [4.78, 5) is 0. The number of nitrogens with zero attached hydrogens (tertiary/aromatic N) is 2. The van der Waals surface area contributed by atoms with Gasteiger partial charge in [-0.25, -0.2) is 9.53 Å². The fourth-order valence-corrected chi connectivity index (χ4v) is 8.49. The van der Waals surface area contributed by atoms with Crippen molar-refractivity contribution in [2.75, 3.05) is 0 Å². The molecule has 0 N–H and O–H groups in total. The Morgan fingerprint density at radius 2 is 0.605 bits per heavy atom. The van der Waals surface area contributed by atoms with E-state index in [1.54, 1.807) is 13.8 Å². The minimum atomic E-state index is -3.38. The predicted octanol–water partition coefficient (Wildman–Crippen LogP) is 7.00. The Hall–Kier alpha value is -3.32. The zero-order valence-electron chi connectivity index (χ0n) is 22.8. The Morgan fingerprint density at radius 1 is 0.421 bits per heavy atom. The minimum absolute atomic E-state index is 0.494. The topological polar surface area (TPSA) is 58.9 Å². The highest BCUT2D eigenvalue weighted by molar-refractivity contribution is 7.78. The van der Waals surface area contributed by atoms with E-state index in [1.165, 1.54) is 0 Å². The van der Waals surface area contributed by atoms with Gasteiger partial charge in [0.1, 0.15) is 0 Å². The van der Waals surface area contributed by atoms with Crippen LogP contribution in [0.2, 0.25) is 0 Å². The van der Waals surface area contributed by atoms with Crippen molar-refractivity contribution in [2.24, 2.45) is 9.53 Å². The van der Waals surface area contributed by atoms with Crippen LogP contribution >= 0.6 is 14.6 Å². The van der Waals surface area contributed by atoms with Crippen LogP contribution in [-0.2, 0) is 9.13 Å². The third kappa shape index (κ3) is 5.88. The number of aryl methyl sites for hydroxylation is 4. The second-order valence-electron chi connectivity index (χ2n) is 9.87. The first-order valence-electron chi connectivity index (χ1n) is 12.6. The zero-order valence-corrected chi connectivity index (χ0v) is 24.6. The summed E-state index contributed by atoms with van der Waals surface area (Å²) < 4.78 is 38.9. The molecule has 38 heavy (non-hydrogen) atoms. The quantitative estimate of drug-likeness (QED) is 0.187. The molecule has 0 aliphatic heterocycles. The molecule has 0 aromatic heterocycles. The first-order chi connectivity index (χ1) is 18.0. The average molecular weight is 541 g/mol. The Kier molecular flexibility index (Phi) is 8.16. The maximum Gasteiger partial charge on any atom is 0.247 e. The van der Waals surface area contributed by atoms with Crippen LogP contribution in [0, 0.1) is 27.7 Å². The molecule has 0 amide bonds. The Balaban J connectivity index is 1.87. The lowest BCUT2D eigenvalue weighted by molar-refractivity contribution is 0.587. The van der Waals surface area contributed by atoms with Gasteiger partial charge >= 0.3 is 0 Å². The Labute approximate surface area is 226 Å². The van der Waals surface area contributed by atoms with Crippen LogP contribution in [0.5, 0.6) is 0 Å². The van der Waals surface area contributed by atoms with Crippen molar-refractivity contribution in [1.29, 1.82) is 0 Å². The fraction of sp³-hybridized carbons (Fsp3) is 0.188. The molecule has 6 heteroatoms. The largest absolute Gasteiger partial charge is 0.288 e. The molecule has 0 bridgehead atoms. The molecule has 4 nitrogen and oxygen atoms in total. The van der Waals surface area contributed by atoms with Crippen molar-refractivity contribution in [3.63, 3.8) is 0 Å². The van der Waals surface area contributed by atoms with Gasteiger partial charge in [0.05, 0.1) is 11.4 Å². The van der Waals surface area contributed by atoms with E-state index >= 15 is 0 Å². The van der Waals surface area contributed by atoms with Gasteiger partial charge in [0.2, 0.25) is 14.6 Å². The van der Waals surface area contributed by atoms with Crippen molar-refractivity contribution in [1.82, 2.24) is 0 Å². The van der Waals surface area contributed by atoms with Gasteiger partial charge < -0.3 is 0 Å². The third-order valence-corrected chi connectivity index (χ3v) is 11.8. The van der Waals surface area contributed by atoms with Crippen LogP contribution in [0.15, 0.2) is 107 Å². The van der Waals surface area contributed by atoms with Gasteiger partial charge in [-0.15, -0.1) is 0 Å². The fourth-order valence-electron chi connectivity index (χ4n) is 4.08. The van der Waals surface area contributed by atoms with Crippen LogP contribution in [-0.4, -0.2) is 11.4 Å². The summed E-state index contributed by atoms with van der Waals surface area (Å²) in [6.45, 7) is 11.6. The standard InChI is InChI=1S/C32H34N2O2P2/c1-23-7-15-29(16-8-23)37(35,30-17-9-24(2)10-18-30)33-27(5)28(6)34-38(36,31-19-11-25(3)12-20-31)32-21-13-26(4)14-22-32/h7-22H,1-6H3. The number of rotatable bonds is 7. The first kappa shape index (κ1) is 27.7. The molecule has 0 radical (unpaired) electrons. The van der Waals surface area contributed by atoms with Crippen LogP contribution in [0.4, 0.5) is 0 Å². The van der Waals surface area contributed by atoms with Crippen LogP contribution in [0.1, 0.15) is 36.1 Å². The highest BCUT2D eigenvalue weighted by atomic mass is 31.2. The van der Waals surface area contributed by atoms with Gasteiger partial charge in [-0.2, -0.15) is 0 Å². The van der Waals surface area contributed by atoms with Crippen molar-refractivity contribution in [3.05, 3.63) is 119 Å². The molecule has 0 spiro atoms. The lowest BCUT2D eigenvalue weighted by Gasteiger charge is -2.19. The monoisotopic (exact) mass is 540 g/mol. The summed E-state index contributed by atoms with van der Waals surface area (Å²) in [5.41, 5.74) is 5.32. The minimum Gasteiger partial charge on any atom is -0.288 e. The van der Waals surface area contributed by atoms with E-state index < -0.39 is 14.6 Å². The molecule has 0 unspecified atom stereocenters. The third-order valence-electron chi connectivity index (χ3n) is 6.64. The maximum atomic E-state index is 14.6. The zero-order chi connectivity index (χ0) is 27.5. The van der Waals surface area contributed by atoms with Crippen LogP contribution in [0.3, 0.4) is 0 Å². The van der Waals surface area contributed by atoms with Crippen molar-refractivity contribution in [3.8, 4) is 0 Å². The molecule has 0 saturated carbocycles. The molecule has 194 valence electrons. The molecule has 0 atom stereocenters. The van der Waals surface area contributed by atoms with E-state index in [0.29, 0.717) is 32.6 Å². The molecule has 0 aliphatic rings. The van der Waals surface area contributed by atoms with Gasteiger partial charge in [-0.3, -0.25) is 9.13 Å². The normalized spacial score (nSPS) is 13.0. The molecule has 4 aromatic carbocycles. The van der Waals surface area contributed by atoms with E-state index in [4.69, 9.17) is 9.53 Å². The summed E-state index contributed by atoms with van der Waals surface area (Å²) in [5, 5.41) is 2.61. The lowest BCUT2D eigenvalue weighted by atomic mass is 10.2. The molecule has 0 fully saturated rings. The van der Waals surface area contributed by atoms with E-state index in [2.05, 4.69) is 0 Å². The van der Waals surface area contributed by atoms with Gasteiger partial charge in [0.25, 0.3) is 0 Å². The summed E-state index contributed by atoms with van der Waals surface area (Å²) in [5.74, 6) is 0. The second kappa shape index (κ2) is 11.2. The molecule has 0 heterocycles. The van der Waals surface area contributed by atoms with Crippen molar-refractivity contribution < 1.29 is 9.13 Å². The maximum absolute atomic E-state index is 14.6. The molecule has 0 aliphatic carbocycles.